The highest BCUT2D eigenvalue weighted by atomic mass is 35.5. The summed E-state index contributed by atoms with van der Waals surface area (Å²) in [6, 6.07) is 3.76. The fourth-order valence-electron chi connectivity index (χ4n) is 1.55. The smallest absolute Gasteiger partial charge is 0.0679 e. The van der Waals surface area contributed by atoms with Crippen molar-refractivity contribution >= 4 is 40.9 Å². The Hall–Kier alpha value is -0.210. The van der Waals surface area contributed by atoms with E-state index < -0.39 is 0 Å². The standard InChI is InChI=1S/C14H18Cl3N/c1-4-7-18-10(3)9(2)8-11-12(15)5-6-13(16)14(11)17/h5-6,8,10,18H,4,7H2,1-3H3/b9-8+. The molecule has 0 amide bonds. The lowest BCUT2D eigenvalue weighted by Crippen LogP contribution is -2.27. The van der Waals surface area contributed by atoms with Gasteiger partial charge in [0, 0.05) is 16.6 Å². The van der Waals surface area contributed by atoms with Crippen molar-refractivity contribution in [2.24, 2.45) is 0 Å². The van der Waals surface area contributed by atoms with E-state index >= 15 is 0 Å². The lowest BCUT2D eigenvalue weighted by molar-refractivity contribution is 0.604. The van der Waals surface area contributed by atoms with E-state index in [-0.39, 0.29) is 6.04 Å². The molecule has 1 aromatic carbocycles. The van der Waals surface area contributed by atoms with Crippen molar-refractivity contribution in [3.8, 4) is 0 Å². The third-order valence-electron chi connectivity index (χ3n) is 2.83. The van der Waals surface area contributed by atoms with Crippen molar-refractivity contribution in [2.45, 2.75) is 33.2 Å². The Labute approximate surface area is 124 Å². The Bertz CT molecular complexity index is 441. The van der Waals surface area contributed by atoms with E-state index in [4.69, 9.17) is 34.8 Å². The maximum Gasteiger partial charge on any atom is 0.0679 e. The summed E-state index contributed by atoms with van der Waals surface area (Å²) in [5, 5.41) is 5.06. The summed E-state index contributed by atoms with van der Waals surface area (Å²) in [5.41, 5.74) is 1.96. The molecule has 100 valence electrons. The molecule has 0 heterocycles. The van der Waals surface area contributed by atoms with Crippen LogP contribution in [0.4, 0.5) is 0 Å². The van der Waals surface area contributed by atoms with E-state index in [1.807, 2.05) is 6.08 Å². The SMILES string of the molecule is CCCNC(C)/C(C)=C/c1c(Cl)ccc(Cl)c1Cl. The van der Waals surface area contributed by atoms with E-state index in [9.17, 15) is 0 Å². The number of hydrogen-bond acceptors (Lipinski definition) is 1. The van der Waals surface area contributed by atoms with E-state index in [1.54, 1.807) is 12.1 Å². The molecule has 0 bridgehead atoms. The minimum Gasteiger partial charge on any atom is -0.311 e. The zero-order valence-electron chi connectivity index (χ0n) is 10.9. The minimum atomic E-state index is 0.288. The fourth-order valence-corrected chi connectivity index (χ4v) is 2.19. The van der Waals surface area contributed by atoms with Gasteiger partial charge in [-0.05, 0) is 38.9 Å². The molecular weight excluding hydrogens is 289 g/mol. The lowest BCUT2D eigenvalue weighted by atomic mass is 10.1. The first kappa shape index (κ1) is 15.8. The molecule has 1 N–H and O–H groups in total. The molecule has 4 heteroatoms. The van der Waals surface area contributed by atoms with Gasteiger partial charge in [0.1, 0.15) is 0 Å². The summed E-state index contributed by atoms with van der Waals surface area (Å²) < 4.78 is 0. The fraction of sp³-hybridized carbons (Fsp3) is 0.429. The summed E-state index contributed by atoms with van der Waals surface area (Å²) in [7, 11) is 0. The first-order valence-electron chi connectivity index (χ1n) is 6.02. The molecule has 0 aliphatic rings. The van der Waals surface area contributed by atoms with Crippen LogP contribution < -0.4 is 5.32 Å². The Morgan fingerprint density at radius 1 is 1.28 bits per heavy atom. The van der Waals surface area contributed by atoms with Gasteiger partial charge in [-0.25, -0.2) is 0 Å². The molecule has 18 heavy (non-hydrogen) atoms. The Kier molecular flexibility index (Phi) is 6.51. The van der Waals surface area contributed by atoms with Gasteiger partial charge in [-0.2, -0.15) is 0 Å². The second kappa shape index (κ2) is 7.40. The lowest BCUT2D eigenvalue weighted by Gasteiger charge is -2.15. The van der Waals surface area contributed by atoms with Crippen LogP contribution in [0.25, 0.3) is 6.08 Å². The third kappa shape index (κ3) is 4.17. The van der Waals surface area contributed by atoms with Crippen molar-refractivity contribution < 1.29 is 0 Å². The van der Waals surface area contributed by atoms with Crippen LogP contribution in [0, 0.1) is 0 Å². The molecule has 0 saturated carbocycles. The van der Waals surface area contributed by atoms with Gasteiger partial charge in [0.15, 0.2) is 0 Å². The maximum atomic E-state index is 6.17. The molecular formula is C14H18Cl3N. The van der Waals surface area contributed by atoms with E-state index in [1.165, 1.54) is 5.57 Å². The number of benzene rings is 1. The summed E-state index contributed by atoms with van der Waals surface area (Å²) >= 11 is 18.3. The molecule has 1 atom stereocenters. The van der Waals surface area contributed by atoms with Crippen LogP contribution >= 0.6 is 34.8 Å². The van der Waals surface area contributed by atoms with Crippen LogP contribution in [-0.4, -0.2) is 12.6 Å². The first-order valence-corrected chi connectivity index (χ1v) is 7.15. The van der Waals surface area contributed by atoms with Crippen molar-refractivity contribution in [3.05, 3.63) is 38.3 Å². The second-order valence-electron chi connectivity index (χ2n) is 4.32. The molecule has 1 nitrogen and oxygen atoms in total. The zero-order valence-corrected chi connectivity index (χ0v) is 13.1. The van der Waals surface area contributed by atoms with Crippen LogP contribution in [0.5, 0.6) is 0 Å². The predicted octanol–water partition coefficient (Wildman–Crippen LogP) is 5.44. The summed E-state index contributed by atoms with van der Waals surface area (Å²) in [6.07, 6.45) is 3.10. The Morgan fingerprint density at radius 2 is 1.89 bits per heavy atom. The van der Waals surface area contributed by atoms with E-state index in [0.29, 0.717) is 15.1 Å². The molecule has 1 aromatic rings. The van der Waals surface area contributed by atoms with Gasteiger partial charge >= 0.3 is 0 Å². The zero-order chi connectivity index (χ0) is 13.7. The summed E-state index contributed by atoms with van der Waals surface area (Å²) in [4.78, 5) is 0. The first-order chi connectivity index (χ1) is 8.47. The monoisotopic (exact) mass is 305 g/mol. The highest BCUT2D eigenvalue weighted by Crippen LogP contribution is 2.33. The normalized spacial score (nSPS) is 13.8. The minimum absolute atomic E-state index is 0.288. The molecule has 1 rings (SSSR count). The second-order valence-corrected chi connectivity index (χ2v) is 5.51. The Morgan fingerprint density at radius 3 is 2.50 bits per heavy atom. The van der Waals surface area contributed by atoms with Crippen LogP contribution in [0.1, 0.15) is 32.8 Å². The molecule has 0 spiro atoms. The van der Waals surface area contributed by atoms with Crippen molar-refractivity contribution in [3.63, 3.8) is 0 Å². The molecule has 0 radical (unpaired) electrons. The predicted molar refractivity (Wildman–Crippen MR) is 82.9 cm³/mol. The average molecular weight is 307 g/mol. The number of hydrogen-bond donors (Lipinski definition) is 1. The van der Waals surface area contributed by atoms with Gasteiger partial charge < -0.3 is 5.32 Å². The highest BCUT2D eigenvalue weighted by Gasteiger charge is 2.09. The number of nitrogens with one attached hydrogen (secondary N) is 1. The largest absolute Gasteiger partial charge is 0.311 e. The average Bonchev–Trinajstić information content (AvgIpc) is 2.36. The van der Waals surface area contributed by atoms with Crippen molar-refractivity contribution in [1.82, 2.24) is 5.32 Å². The van der Waals surface area contributed by atoms with Gasteiger partial charge in [0.2, 0.25) is 0 Å². The molecule has 0 saturated heterocycles. The van der Waals surface area contributed by atoms with Crippen LogP contribution in [0.2, 0.25) is 15.1 Å². The number of halogens is 3. The Balaban J connectivity index is 2.98. The molecule has 1 unspecified atom stereocenters. The van der Waals surface area contributed by atoms with E-state index in [2.05, 4.69) is 26.1 Å². The van der Waals surface area contributed by atoms with Gasteiger partial charge in [0.05, 0.1) is 10.0 Å². The van der Waals surface area contributed by atoms with Gasteiger partial charge in [-0.15, -0.1) is 0 Å². The summed E-state index contributed by atoms with van der Waals surface area (Å²) in [5.74, 6) is 0. The third-order valence-corrected chi connectivity index (χ3v) is 3.98. The van der Waals surface area contributed by atoms with E-state index in [0.717, 1.165) is 18.5 Å². The van der Waals surface area contributed by atoms with Crippen LogP contribution in [0.15, 0.2) is 17.7 Å². The van der Waals surface area contributed by atoms with Gasteiger partial charge in [-0.1, -0.05) is 53.4 Å². The maximum absolute atomic E-state index is 6.17. The molecule has 0 fully saturated rings. The van der Waals surface area contributed by atoms with Crippen molar-refractivity contribution in [1.29, 1.82) is 0 Å². The quantitative estimate of drug-likeness (QED) is 0.714. The molecule has 0 aliphatic heterocycles. The molecule has 0 aliphatic carbocycles. The number of rotatable bonds is 5. The summed E-state index contributed by atoms with van der Waals surface area (Å²) in [6.45, 7) is 7.31. The van der Waals surface area contributed by atoms with Crippen LogP contribution in [0.3, 0.4) is 0 Å². The van der Waals surface area contributed by atoms with Gasteiger partial charge in [0.25, 0.3) is 0 Å². The topological polar surface area (TPSA) is 12.0 Å². The van der Waals surface area contributed by atoms with Crippen LogP contribution in [-0.2, 0) is 0 Å². The molecule has 0 aromatic heterocycles. The van der Waals surface area contributed by atoms with Gasteiger partial charge in [-0.3, -0.25) is 0 Å². The van der Waals surface area contributed by atoms with Crippen molar-refractivity contribution in [2.75, 3.05) is 6.54 Å². The highest BCUT2D eigenvalue weighted by molar-refractivity contribution is 6.44.